The Balaban J connectivity index is 1.35. The van der Waals surface area contributed by atoms with Crippen LogP contribution >= 0.6 is 11.6 Å². The van der Waals surface area contributed by atoms with E-state index in [4.69, 9.17) is 11.6 Å². The summed E-state index contributed by atoms with van der Waals surface area (Å²) in [5.74, 6) is 1.01. The van der Waals surface area contributed by atoms with E-state index in [-0.39, 0.29) is 17.0 Å². The second-order valence-corrected chi connectivity index (χ2v) is 11.9. The molecule has 1 aromatic carbocycles. The number of aromatic nitrogens is 5. The van der Waals surface area contributed by atoms with Crippen molar-refractivity contribution < 1.29 is 21.6 Å². The standard InChI is InChI=1S/C28H22ClF3N8O2S/c1-16-4-5-19(39-43(41,42)15-20-12-18(6-8-33-20)28(30,31)32)13-21(16)22-11-17-14-36-27(37-24-23(29)3-2-7-34-24)38-25(17)40-10-9-35-26(22)40/h2-8,11-14,35,39H,9-10,15H2,1H3/b37-27+. The van der Waals surface area contributed by atoms with Gasteiger partial charge in [-0.3, -0.25) is 9.71 Å². The van der Waals surface area contributed by atoms with Gasteiger partial charge in [-0.05, 0) is 60.5 Å². The Kier molecular flexibility index (Phi) is 7.26. The number of aryl methyl sites for hydroxylation is 1. The molecule has 0 saturated heterocycles. The van der Waals surface area contributed by atoms with E-state index in [1.54, 1.807) is 42.7 Å². The number of sulfonamides is 1. The van der Waals surface area contributed by atoms with Crippen molar-refractivity contribution in [3.8, 4) is 22.5 Å². The molecule has 6 rings (SSSR count). The first-order valence-corrected chi connectivity index (χ1v) is 14.9. The quantitative estimate of drug-likeness (QED) is 0.258. The molecular weight excluding hydrogens is 605 g/mol. The largest absolute Gasteiger partial charge is 0.416 e. The molecule has 220 valence electrons. The zero-order chi connectivity index (χ0) is 30.4. The Morgan fingerprint density at radius 3 is 2.70 bits per heavy atom. The van der Waals surface area contributed by atoms with Crippen molar-refractivity contribution in [2.75, 3.05) is 16.6 Å². The number of rotatable bonds is 6. The molecule has 10 nitrogen and oxygen atoms in total. The predicted molar refractivity (Wildman–Crippen MR) is 155 cm³/mol. The number of hydrogen-bond acceptors (Lipinski definition) is 8. The van der Waals surface area contributed by atoms with Crippen molar-refractivity contribution in [3.63, 3.8) is 0 Å². The third-order valence-electron chi connectivity index (χ3n) is 6.72. The predicted octanol–water partition coefficient (Wildman–Crippen LogP) is 5.42. The van der Waals surface area contributed by atoms with E-state index in [0.717, 1.165) is 46.4 Å². The van der Waals surface area contributed by atoms with Crippen LogP contribution < -0.4 is 15.7 Å². The van der Waals surface area contributed by atoms with Crippen LogP contribution in [0.2, 0.25) is 5.02 Å². The van der Waals surface area contributed by atoms with Crippen LogP contribution in [0.3, 0.4) is 0 Å². The van der Waals surface area contributed by atoms with Gasteiger partial charge < -0.3 is 9.88 Å². The van der Waals surface area contributed by atoms with Gasteiger partial charge >= 0.3 is 6.18 Å². The van der Waals surface area contributed by atoms with E-state index in [0.29, 0.717) is 29.8 Å². The molecule has 0 radical (unpaired) electrons. The molecule has 0 aliphatic carbocycles. The van der Waals surface area contributed by atoms with Gasteiger partial charge in [0, 0.05) is 48.5 Å². The maximum atomic E-state index is 13.1. The smallest absolute Gasteiger partial charge is 0.369 e. The number of alkyl halides is 3. The molecule has 0 fully saturated rings. The highest BCUT2D eigenvalue weighted by Gasteiger charge is 2.31. The summed E-state index contributed by atoms with van der Waals surface area (Å²) in [4.78, 5) is 21.4. The number of nitrogens with zero attached hydrogens (tertiary/aromatic N) is 6. The molecule has 2 aromatic heterocycles. The fourth-order valence-electron chi connectivity index (χ4n) is 4.79. The lowest BCUT2D eigenvalue weighted by Crippen LogP contribution is -2.18. The van der Waals surface area contributed by atoms with Gasteiger partial charge in [-0.15, -0.1) is 0 Å². The van der Waals surface area contributed by atoms with Crippen LogP contribution in [0.15, 0.2) is 72.1 Å². The lowest BCUT2D eigenvalue weighted by Gasteiger charge is -2.19. The lowest BCUT2D eigenvalue weighted by molar-refractivity contribution is -0.137. The molecule has 43 heavy (non-hydrogen) atoms. The first kappa shape index (κ1) is 28.6. The van der Waals surface area contributed by atoms with Crippen LogP contribution in [0.5, 0.6) is 0 Å². The second-order valence-electron chi connectivity index (χ2n) is 9.78. The van der Waals surface area contributed by atoms with E-state index >= 15 is 0 Å². The van der Waals surface area contributed by atoms with Crippen LogP contribution in [0.25, 0.3) is 22.5 Å². The molecule has 0 amide bonds. The zero-order valence-electron chi connectivity index (χ0n) is 22.4. The minimum atomic E-state index is -4.61. The third-order valence-corrected chi connectivity index (χ3v) is 8.24. The van der Waals surface area contributed by atoms with Gasteiger partial charge in [-0.2, -0.15) is 23.1 Å². The number of hydrogen-bond donors (Lipinski definition) is 2. The SMILES string of the molecule is Cc1ccc(NS(=O)(=O)Cc2cc(C(F)(F)F)ccn2)cc1-c1cc2cn/c(=N\c3ncccc3Cl)nc-2n2c1NCC2. The Morgan fingerprint density at radius 1 is 1.07 bits per heavy atom. The summed E-state index contributed by atoms with van der Waals surface area (Å²) in [6.07, 6.45) is -0.442. The van der Waals surface area contributed by atoms with Gasteiger partial charge in [0.05, 0.1) is 16.3 Å². The van der Waals surface area contributed by atoms with Crippen LogP contribution in [0.1, 0.15) is 16.8 Å². The van der Waals surface area contributed by atoms with Crippen LogP contribution in [-0.4, -0.2) is 39.5 Å². The van der Waals surface area contributed by atoms with Gasteiger partial charge in [0.15, 0.2) is 5.82 Å². The number of fused-ring (bicyclic) bond motifs is 3. The monoisotopic (exact) mass is 626 g/mol. The summed E-state index contributed by atoms with van der Waals surface area (Å²) in [6, 6.07) is 11.8. The van der Waals surface area contributed by atoms with Gasteiger partial charge in [-0.25, -0.2) is 18.4 Å². The fourth-order valence-corrected chi connectivity index (χ4v) is 6.06. The van der Waals surface area contributed by atoms with Crippen molar-refractivity contribution in [2.45, 2.75) is 25.4 Å². The summed E-state index contributed by atoms with van der Waals surface area (Å²) < 4.78 is 69.6. The minimum absolute atomic E-state index is 0.199. The van der Waals surface area contributed by atoms with Crippen LogP contribution in [0, 0.1) is 6.92 Å². The average molecular weight is 627 g/mol. The average Bonchev–Trinajstić information content (AvgIpc) is 3.45. The Morgan fingerprint density at radius 2 is 1.91 bits per heavy atom. The molecule has 0 bridgehead atoms. The van der Waals surface area contributed by atoms with E-state index in [9.17, 15) is 21.6 Å². The number of nitrogens with one attached hydrogen (secondary N) is 2. The van der Waals surface area contributed by atoms with Crippen molar-refractivity contribution in [1.29, 1.82) is 0 Å². The normalized spacial score (nSPS) is 13.7. The Hall–Kier alpha value is -4.56. The van der Waals surface area contributed by atoms with Crippen LogP contribution in [0.4, 0.5) is 30.5 Å². The molecule has 3 aromatic rings. The fraction of sp³-hybridized carbons (Fsp3) is 0.179. The molecule has 0 spiro atoms. The summed E-state index contributed by atoms with van der Waals surface area (Å²) in [5, 5.41) is 3.76. The minimum Gasteiger partial charge on any atom is -0.369 e. The molecule has 3 aliphatic rings. The van der Waals surface area contributed by atoms with E-state index in [2.05, 4.69) is 35.0 Å². The summed E-state index contributed by atoms with van der Waals surface area (Å²) >= 11 is 6.19. The Labute approximate surface area is 248 Å². The first-order chi connectivity index (χ1) is 20.5. The Bertz CT molecular complexity index is 2010. The van der Waals surface area contributed by atoms with Crippen molar-refractivity contribution in [1.82, 2.24) is 24.5 Å². The number of halogens is 4. The highest BCUT2D eigenvalue weighted by Crippen LogP contribution is 2.39. The molecule has 0 saturated carbocycles. The molecule has 2 N–H and O–H groups in total. The van der Waals surface area contributed by atoms with Crippen molar-refractivity contribution in [3.05, 3.63) is 94.6 Å². The number of pyridine rings is 3. The summed E-state index contributed by atoms with van der Waals surface area (Å²) in [6.45, 7) is 3.16. The first-order valence-electron chi connectivity index (χ1n) is 12.9. The van der Waals surface area contributed by atoms with E-state index < -0.39 is 27.5 Å². The molecule has 15 heteroatoms. The van der Waals surface area contributed by atoms with E-state index in [1.807, 2.05) is 17.6 Å². The maximum absolute atomic E-state index is 13.1. The molecule has 5 heterocycles. The highest BCUT2D eigenvalue weighted by molar-refractivity contribution is 7.91. The number of anilines is 2. The summed E-state index contributed by atoms with van der Waals surface area (Å²) in [7, 11) is -4.09. The molecule has 0 unspecified atom stereocenters. The molecule has 0 atom stereocenters. The maximum Gasteiger partial charge on any atom is 0.416 e. The lowest BCUT2D eigenvalue weighted by atomic mass is 9.98. The van der Waals surface area contributed by atoms with Gasteiger partial charge in [0.2, 0.25) is 10.0 Å². The van der Waals surface area contributed by atoms with Crippen LogP contribution in [-0.2, 0) is 28.5 Å². The van der Waals surface area contributed by atoms with Gasteiger partial charge in [0.1, 0.15) is 17.4 Å². The highest BCUT2D eigenvalue weighted by atomic mass is 35.5. The second kappa shape index (κ2) is 10.9. The van der Waals surface area contributed by atoms with Crippen molar-refractivity contribution >= 4 is 38.9 Å². The van der Waals surface area contributed by atoms with E-state index in [1.165, 1.54) is 0 Å². The zero-order valence-corrected chi connectivity index (χ0v) is 24.0. The number of benzene rings is 1. The topological polar surface area (TPSA) is 127 Å². The molecule has 3 aliphatic heterocycles. The van der Waals surface area contributed by atoms with Gasteiger partial charge in [0.25, 0.3) is 5.62 Å². The van der Waals surface area contributed by atoms with Gasteiger partial charge in [-0.1, -0.05) is 17.7 Å². The van der Waals surface area contributed by atoms with Crippen molar-refractivity contribution in [2.24, 2.45) is 4.99 Å². The summed E-state index contributed by atoms with van der Waals surface area (Å²) in [5.41, 5.74) is 2.40. The molecular formula is C28H22ClF3N8O2S. The third kappa shape index (κ3) is 6.01.